The quantitative estimate of drug-likeness (QED) is 0.515. The zero-order chi connectivity index (χ0) is 10.6. The number of hydrogen-bond donors (Lipinski definition) is 3. The first kappa shape index (κ1) is 10.7. The molecule has 14 heavy (non-hydrogen) atoms. The molecule has 1 rings (SSSR count). The van der Waals surface area contributed by atoms with Gasteiger partial charge in [-0.3, -0.25) is 9.69 Å². The van der Waals surface area contributed by atoms with E-state index in [1.54, 1.807) is 6.08 Å². The molecular weight excluding hydrogens is 182 g/mol. The molecule has 0 saturated carbocycles. The summed E-state index contributed by atoms with van der Waals surface area (Å²) >= 11 is 0. The lowest BCUT2D eigenvalue weighted by atomic mass is 10.2. The van der Waals surface area contributed by atoms with Crippen LogP contribution in [0.25, 0.3) is 0 Å². The van der Waals surface area contributed by atoms with E-state index >= 15 is 0 Å². The summed E-state index contributed by atoms with van der Waals surface area (Å²) < 4.78 is 0. The molecule has 0 fully saturated rings. The van der Waals surface area contributed by atoms with Gasteiger partial charge in [-0.15, -0.1) is 0 Å². The van der Waals surface area contributed by atoms with Crippen molar-refractivity contribution in [3.8, 4) is 0 Å². The van der Waals surface area contributed by atoms with Crippen LogP contribution in [0.2, 0.25) is 0 Å². The number of carbonyl (C=O) groups is 1. The summed E-state index contributed by atoms with van der Waals surface area (Å²) in [6.07, 6.45) is 6.07. The van der Waals surface area contributed by atoms with Crippen molar-refractivity contribution in [1.82, 2.24) is 10.2 Å². The van der Waals surface area contributed by atoms with Crippen molar-refractivity contribution < 1.29 is 9.90 Å². The predicted octanol–water partition coefficient (Wildman–Crippen LogP) is -1.43. The summed E-state index contributed by atoms with van der Waals surface area (Å²) in [5.41, 5.74) is 5.37. The van der Waals surface area contributed by atoms with Crippen molar-refractivity contribution in [2.24, 2.45) is 5.73 Å². The third-order valence-corrected chi connectivity index (χ3v) is 1.97. The molecule has 5 nitrogen and oxygen atoms in total. The van der Waals surface area contributed by atoms with Crippen molar-refractivity contribution in [3.63, 3.8) is 0 Å². The Kier molecular flexibility index (Phi) is 3.67. The van der Waals surface area contributed by atoms with Crippen LogP contribution in [0.1, 0.15) is 0 Å². The van der Waals surface area contributed by atoms with E-state index in [1.165, 1.54) is 0 Å². The van der Waals surface area contributed by atoms with Gasteiger partial charge in [-0.25, -0.2) is 0 Å². The van der Waals surface area contributed by atoms with Gasteiger partial charge in [0.15, 0.2) is 0 Å². The standard InChI is InChI=1S/C9H14N3O2/c1-12(5-6-13)8-4-2-3-7(11-8)9(10)14/h2,4,8,11,13H,5-6H2,1H3,(H2,10,14)/t8-/m0/s1. The third kappa shape index (κ3) is 2.58. The number of nitrogens with one attached hydrogen (secondary N) is 1. The van der Waals surface area contributed by atoms with E-state index in [4.69, 9.17) is 10.8 Å². The molecule has 1 aliphatic heterocycles. The number of nitrogens with zero attached hydrogens (tertiary/aromatic N) is 1. The maximum atomic E-state index is 10.8. The molecule has 5 heteroatoms. The van der Waals surface area contributed by atoms with E-state index in [1.807, 2.05) is 18.0 Å². The fourth-order valence-electron chi connectivity index (χ4n) is 1.16. The maximum absolute atomic E-state index is 10.8. The van der Waals surface area contributed by atoms with E-state index in [0.29, 0.717) is 6.54 Å². The molecule has 1 heterocycles. The number of likely N-dealkylation sites (N-methyl/N-ethyl adjacent to an activating group) is 1. The second kappa shape index (κ2) is 4.78. The minimum atomic E-state index is -0.531. The highest BCUT2D eigenvalue weighted by Crippen LogP contribution is 2.04. The van der Waals surface area contributed by atoms with Crippen molar-refractivity contribution in [2.45, 2.75) is 6.17 Å². The molecule has 0 aliphatic carbocycles. The van der Waals surface area contributed by atoms with Crippen molar-refractivity contribution in [2.75, 3.05) is 20.2 Å². The Bertz CT molecular complexity index is 273. The van der Waals surface area contributed by atoms with Crippen LogP contribution >= 0.6 is 0 Å². The summed E-state index contributed by atoms with van der Waals surface area (Å²) in [6.45, 7) is 0.593. The Morgan fingerprint density at radius 1 is 1.86 bits per heavy atom. The molecule has 0 aromatic carbocycles. The highest BCUT2D eigenvalue weighted by atomic mass is 16.3. The molecular formula is C9H14N3O2. The predicted molar refractivity (Wildman–Crippen MR) is 51.7 cm³/mol. The first-order valence-corrected chi connectivity index (χ1v) is 4.32. The number of rotatable bonds is 4. The summed E-state index contributed by atoms with van der Waals surface area (Å²) in [5.74, 6) is -0.531. The summed E-state index contributed by atoms with van der Waals surface area (Å²) in [6, 6.07) is 0. The van der Waals surface area contributed by atoms with Gasteiger partial charge in [0.25, 0.3) is 5.91 Å². The van der Waals surface area contributed by atoms with E-state index < -0.39 is 5.91 Å². The molecule has 77 valence electrons. The molecule has 1 amide bonds. The van der Waals surface area contributed by atoms with Gasteiger partial charge in [-0.05, 0) is 13.1 Å². The van der Waals surface area contributed by atoms with Gasteiger partial charge in [0.05, 0.1) is 12.8 Å². The lowest BCUT2D eigenvalue weighted by Gasteiger charge is -2.28. The van der Waals surface area contributed by atoms with E-state index in [-0.39, 0.29) is 18.5 Å². The van der Waals surface area contributed by atoms with E-state index in [0.717, 1.165) is 0 Å². The molecule has 0 spiro atoms. The van der Waals surface area contributed by atoms with Gasteiger partial charge in [0, 0.05) is 12.6 Å². The number of aliphatic hydroxyl groups excluding tert-OH is 1. The highest BCUT2D eigenvalue weighted by Gasteiger charge is 2.16. The molecule has 0 saturated heterocycles. The fourth-order valence-corrected chi connectivity index (χ4v) is 1.16. The summed E-state index contributed by atoms with van der Waals surface area (Å²) in [7, 11) is 1.84. The number of nitrogens with two attached hydrogens (primary N) is 1. The molecule has 1 radical (unpaired) electrons. The fraction of sp³-hybridized carbons (Fsp3) is 0.444. The SMILES string of the molecule is CN(CCO)[C@H]1C=C[C]=C(C(N)=O)N1. The van der Waals surface area contributed by atoms with E-state index in [9.17, 15) is 4.79 Å². The molecule has 0 bridgehead atoms. The zero-order valence-electron chi connectivity index (χ0n) is 8.03. The van der Waals surface area contributed by atoms with Gasteiger partial charge in [-0.1, -0.05) is 6.08 Å². The van der Waals surface area contributed by atoms with Crippen LogP contribution in [-0.2, 0) is 4.79 Å². The van der Waals surface area contributed by atoms with E-state index in [2.05, 4.69) is 11.4 Å². The second-order valence-corrected chi connectivity index (χ2v) is 3.04. The molecule has 0 unspecified atom stereocenters. The van der Waals surface area contributed by atoms with Crippen molar-refractivity contribution in [3.05, 3.63) is 23.9 Å². The first-order chi connectivity index (χ1) is 6.65. The molecule has 4 N–H and O–H groups in total. The zero-order valence-corrected chi connectivity index (χ0v) is 8.03. The molecule has 0 aromatic heterocycles. The van der Waals surface area contributed by atoms with Crippen LogP contribution in [-0.4, -0.2) is 42.3 Å². The van der Waals surface area contributed by atoms with Crippen LogP contribution < -0.4 is 11.1 Å². The Morgan fingerprint density at radius 2 is 2.57 bits per heavy atom. The van der Waals surface area contributed by atoms with Gasteiger partial charge in [0.1, 0.15) is 5.70 Å². The van der Waals surface area contributed by atoms with Crippen LogP contribution in [0.15, 0.2) is 17.8 Å². The smallest absolute Gasteiger partial charge is 0.265 e. The summed E-state index contributed by atoms with van der Waals surface area (Å²) in [5, 5.41) is 11.6. The minimum absolute atomic E-state index is 0.0713. The maximum Gasteiger partial charge on any atom is 0.265 e. The van der Waals surface area contributed by atoms with Crippen molar-refractivity contribution >= 4 is 5.91 Å². The lowest BCUT2D eigenvalue weighted by Crippen LogP contribution is -2.46. The number of amides is 1. The van der Waals surface area contributed by atoms with Crippen LogP contribution in [0, 0.1) is 6.08 Å². The average Bonchev–Trinajstić information content (AvgIpc) is 2.18. The minimum Gasteiger partial charge on any atom is -0.395 e. The monoisotopic (exact) mass is 196 g/mol. The Balaban J connectivity index is 2.58. The van der Waals surface area contributed by atoms with Crippen LogP contribution in [0.4, 0.5) is 0 Å². The third-order valence-electron chi connectivity index (χ3n) is 1.97. The average molecular weight is 196 g/mol. The largest absolute Gasteiger partial charge is 0.395 e. The van der Waals surface area contributed by atoms with Crippen molar-refractivity contribution in [1.29, 1.82) is 0 Å². The topological polar surface area (TPSA) is 78.6 Å². The summed E-state index contributed by atoms with van der Waals surface area (Å²) in [4.78, 5) is 12.7. The first-order valence-electron chi connectivity index (χ1n) is 4.32. The normalized spacial score (nSPS) is 20.5. The van der Waals surface area contributed by atoms with Gasteiger partial charge in [0.2, 0.25) is 0 Å². The van der Waals surface area contributed by atoms with Crippen LogP contribution in [0.3, 0.4) is 0 Å². The number of dihydropyridines is 1. The number of hydrogen-bond acceptors (Lipinski definition) is 4. The number of primary amides is 1. The molecule has 0 aromatic rings. The number of allylic oxidation sites excluding steroid dienone is 2. The second-order valence-electron chi connectivity index (χ2n) is 3.04. The lowest BCUT2D eigenvalue weighted by molar-refractivity contribution is -0.115. The van der Waals surface area contributed by atoms with Gasteiger partial charge in [-0.2, -0.15) is 0 Å². The van der Waals surface area contributed by atoms with Crippen LogP contribution in [0.5, 0.6) is 0 Å². The Morgan fingerprint density at radius 3 is 3.14 bits per heavy atom. The van der Waals surface area contributed by atoms with Gasteiger partial charge < -0.3 is 16.2 Å². The Labute approximate surface area is 82.9 Å². The number of aliphatic hydroxyl groups is 1. The Hall–Kier alpha value is -1.33. The number of carbonyl (C=O) groups excluding carboxylic acids is 1. The molecule has 1 aliphatic rings. The molecule has 1 atom stereocenters. The highest BCUT2D eigenvalue weighted by molar-refractivity contribution is 5.91. The van der Waals surface area contributed by atoms with Gasteiger partial charge >= 0.3 is 0 Å².